The summed E-state index contributed by atoms with van der Waals surface area (Å²) in [6.45, 7) is 4.14. The molecule has 0 aliphatic carbocycles. The lowest BCUT2D eigenvalue weighted by Crippen LogP contribution is -2.21. The van der Waals surface area contributed by atoms with E-state index in [0.29, 0.717) is 6.04 Å². The van der Waals surface area contributed by atoms with Crippen LogP contribution < -0.4 is 5.32 Å². The van der Waals surface area contributed by atoms with Gasteiger partial charge in [-0.3, -0.25) is 0 Å². The monoisotopic (exact) mass is 201 g/mol. The molecular weight excluding hydrogens is 186 g/mol. The number of nitrogens with one attached hydrogen (secondary N) is 1. The van der Waals surface area contributed by atoms with Gasteiger partial charge in [-0.15, -0.1) is 0 Å². The lowest BCUT2D eigenvalue weighted by atomic mass is 10.1. The number of benzene rings is 1. The molecule has 3 heteroatoms. The van der Waals surface area contributed by atoms with Crippen molar-refractivity contribution in [2.24, 2.45) is 9.98 Å². The van der Waals surface area contributed by atoms with Gasteiger partial charge < -0.3 is 5.32 Å². The third-order valence-corrected chi connectivity index (χ3v) is 2.26. The van der Waals surface area contributed by atoms with Crippen molar-refractivity contribution in [1.82, 2.24) is 0 Å². The van der Waals surface area contributed by atoms with Gasteiger partial charge in [-0.2, -0.15) is 0 Å². The minimum absolute atomic E-state index is 0.328. The van der Waals surface area contributed by atoms with Crippen LogP contribution in [0.2, 0.25) is 0 Å². The summed E-state index contributed by atoms with van der Waals surface area (Å²) in [7, 11) is 0. The van der Waals surface area contributed by atoms with Gasteiger partial charge in [0.15, 0.2) is 0 Å². The van der Waals surface area contributed by atoms with E-state index < -0.39 is 0 Å². The normalized spacial score (nSPS) is 20.5. The molecule has 1 unspecified atom stereocenters. The van der Waals surface area contributed by atoms with Crippen LogP contribution in [0, 0.1) is 0 Å². The number of hydrogen-bond acceptors (Lipinski definition) is 3. The lowest BCUT2D eigenvalue weighted by Gasteiger charge is -2.15. The fourth-order valence-electron chi connectivity index (χ4n) is 1.65. The van der Waals surface area contributed by atoms with E-state index in [0.717, 1.165) is 23.8 Å². The molecule has 0 aromatic heterocycles. The topological polar surface area (TPSA) is 36.8 Å². The fraction of sp³-hybridized carbons (Fsp3) is 0.333. The van der Waals surface area contributed by atoms with Gasteiger partial charge in [0.25, 0.3) is 0 Å². The Kier molecular flexibility index (Phi) is 2.81. The van der Waals surface area contributed by atoms with Crippen LogP contribution in [-0.2, 0) is 0 Å². The molecule has 0 spiro atoms. The molecule has 0 saturated heterocycles. The van der Waals surface area contributed by atoms with Crippen LogP contribution in [0.1, 0.15) is 20.3 Å². The molecule has 15 heavy (non-hydrogen) atoms. The number of anilines is 1. The summed E-state index contributed by atoms with van der Waals surface area (Å²) in [6, 6.07) is 10.3. The second-order valence-electron chi connectivity index (χ2n) is 3.84. The van der Waals surface area contributed by atoms with Gasteiger partial charge in [-0.25, -0.2) is 9.98 Å². The van der Waals surface area contributed by atoms with E-state index in [1.807, 2.05) is 37.3 Å². The first-order chi connectivity index (χ1) is 7.24. The maximum atomic E-state index is 4.45. The van der Waals surface area contributed by atoms with Crippen molar-refractivity contribution in [3.8, 4) is 0 Å². The lowest BCUT2D eigenvalue weighted by molar-refractivity contribution is 0.766. The number of rotatable bonds is 1. The average Bonchev–Trinajstić information content (AvgIpc) is 2.17. The van der Waals surface area contributed by atoms with Crippen LogP contribution in [0.15, 0.2) is 40.3 Å². The highest BCUT2D eigenvalue weighted by Crippen LogP contribution is 2.10. The maximum Gasteiger partial charge on any atom is 0.222 e. The molecule has 0 saturated carbocycles. The molecule has 0 radical (unpaired) electrons. The molecule has 1 aliphatic heterocycles. The highest BCUT2D eigenvalue weighted by molar-refractivity contribution is 6.04. The minimum atomic E-state index is 0.328. The highest BCUT2D eigenvalue weighted by Gasteiger charge is 2.10. The predicted molar refractivity (Wildman–Crippen MR) is 64.7 cm³/mol. The summed E-state index contributed by atoms with van der Waals surface area (Å²) < 4.78 is 0. The van der Waals surface area contributed by atoms with Crippen molar-refractivity contribution < 1.29 is 0 Å². The zero-order valence-corrected chi connectivity index (χ0v) is 9.07. The Morgan fingerprint density at radius 2 is 2.00 bits per heavy atom. The Hall–Kier alpha value is -1.64. The Morgan fingerprint density at radius 1 is 1.27 bits per heavy atom. The van der Waals surface area contributed by atoms with Gasteiger partial charge in [0.2, 0.25) is 5.96 Å². The van der Waals surface area contributed by atoms with E-state index in [9.17, 15) is 0 Å². The standard InChI is InChI=1S/C12H15N3/c1-9-8-10(2)14-12(13-9)15-11-6-4-3-5-7-11/h3-7,9H,8H2,1-2H3,(H,13,15). The first kappa shape index (κ1) is 9.90. The maximum absolute atomic E-state index is 4.45. The molecule has 0 bridgehead atoms. The summed E-state index contributed by atoms with van der Waals surface area (Å²) in [6.07, 6.45) is 0.958. The Labute approximate surface area is 90.0 Å². The van der Waals surface area contributed by atoms with Crippen molar-refractivity contribution in [3.05, 3.63) is 30.3 Å². The summed E-state index contributed by atoms with van der Waals surface area (Å²) in [5, 5.41) is 3.20. The fourth-order valence-corrected chi connectivity index (χ4v) is 1.65. The van der Waals surface area contributed by atoms with Crippen molar-refractivity contribution in [2.75, 3.05) is 5.32 Å². The van der Waals surface area contributed by atoms with Crippen LogP contribution in [0.4, 0.5) is 5.69 Å². The van der Waals surface area contributed by atoms with E-state index in [1.165, 1.54) is 0 Å². The molecule has 78 valence electrons. The average molecular weight is 201 g/mol. The number of guanidine groups is 1. The largest absolute Gasteiger partial charge is 0.324 e. The Morgan fingerprint density at radius 3 is 2.67 bits per heavy atom. The number of nitrogens with zero attached hydrogens (tertiary/aromatic N) is 2. The number of para-hydroxylation sites is 1. The van der Waals surface area contributed by atoms with E-state index in [2.05, 4.69) is 22.2 Å². The molecule has 0 amide bonds. The third kappa shape index (κ3) is 2.65. The van der Waals surface area contributed by atoms with Gasteiger partial charge in [0.1, 0.15) is 0 Å². The van der Waals surface area contributed by atoms with Crippen molar-refractivity contribution in [2.45, 2.75) is 26.3 Å². The summed E-state index contributed by atoms with van der Waals surface area (Å²) in [4.78, 5) is 8.83. The van der Waals surface area contributed by atoms with Gasteiger partial charge in [-0.05, 0) is 26.0 Å². The molecule has 1 heterocycles. The van der Waals surface area contributed by atoms with Crippen LogP contribution in [0.25, 0.3) is 0 Å². The van der Waals surface area contributed by atoms with E-state index >= 15 is 0 Å². The van der Waals surface area contributed by atoms with Crippen molar-refractivity contribution in [1.29, 1.82) is 0 Å². The van der Waals surface area contributed by atoms with Gasteiger partial charge in [0.05, 0.1) is 6.04 Å². The SMILES string of the molecule is CC1=NC(Nc2ccccc2)=NC(C)C1. The summed E-state index contributed by atoms with van der Waals surface area (Å²) in [5.74, 6) is 0.720. The third-order valence-electron chi connectivity index (χ3n) is 2.26. The molecular formula is C12H15N3. The Bertz CT molecular complexity index is 393. The highest BCUT2D eigenvalue weighted by atomic mass is 15.2. The van der Waals surface area contributed by atoms with Crippen LogP contribution in [0.3, 0.4) is 0 Å². The molecule has 2 rings (SSSR count). The summed E-state index contributed by atoms with van der Waals surface area (Å²) in [5.41, 5.74) is 2.16. The molecule has 1 aromatic rings. The smallest absolute Gasteiger partial charge is 0.222 e. The van der Waals surface area contributed by atoms with Crippen LogP contribution >= 0.6 is 0 Å². The van der Waals surface area contributed by atoms with Crippen molar-refractivity contribution in [3.63, 3.8) is 0 Å². The molecule has 1 aliphatic rings. The molecule has 1 atom stereocenters. The van der Waals surface area contributed by atoms with Gasteiger partial charge in [-0.1, -0.05) is 18.2 Å². The minimum Gasteiger partial charge on any atom is -0.324 e. The van der Waals surface area contributed by atoms with Crippen LogP contribution in [0.5, 0.6) is 0 Å². The molecule has 1 aromatic carbocycles. The van der Waals surface area contributed by atoms with Crippen molar-refractivity contribution >= 4 is 17.4 Å². The Balaban J connectivity index is 2.13. The number of hydrogen-bond donors (Lipinski definition) is 1. The summed E-state index contributed by atoms with van der Waals surface area (Å²) >= 11 is 0. The predicted octanol–water partition coefficient (Wildman–Crippen LogP) is 2.71. The van der Waals surface area contributed by atoms with Crippen LogP contribution in [-0.4, -0.2) is 17.7 Å². The number of aliphatic imine (C=N–C) groups is 2. The zero-order valence-electron chi connectivity index (χ0n) is 9.07. The molecule has 0 fully saturated rings. The molecule has 3 nitrogen and oxygen atoms in total. The second kappa shape index (κ2) is 4.26. The quantitative estimate of drug-likeness (QED) is 0.745. The van der Waals surface area contributed by atoms with E-state index in [1.54, 1.807) is 0 Å². The second-order valence-corrected chi connectivity index (χ2v) is 3.84. The van der Waals surface area contributed by atoms with Gasteiger partial charge >= 0.3 is 0 Å². The molecule has 1 N–H and O–H groups in total. The van der Waals surface area contributed by atoms with E-state index in [-0.39, 0.29) is 0 Å². The zero-order chi connectivity index (χ0) is 10.7. The first-order valence-electron chi connectivity index (χ1n) is 5.18. The van der Waals surface area contributed by atoms with E-state index in [4.69, 9.17) is 0 Å². The van der Waals surface area contributed by atoms with Gasteiger partial charge in [0, 0.05) is 17.8 Å². The first-order valence-corrected chi connectivity index (χ1v) is 5.18.